The predicted octanol–water partition coefficient (Wildman–Crippen LogP) is 1.37. The average Bonchev–Trinajstić information content (AvgIpc) is 3.06. The number of aromatic amines is 1. The number of hydrogen-bond acceptors (Lipinski definition) is 6. The van der Waals surface area contributed by atoms with Crippen LogP contribution in [0.15, 0.2) is 29.1 Å². The number of anilines is 1. The van der Waals surface area contributed by atoms with Crippen molar-refractivity contribution in [3.63, 3.8) is 0 Å². The van der Waals surface area contributed by atoms with Crippen LogP contribution in [0.2, 0.25) is 0 Å². The number of nitrogens with zero attached hydrogens (tertiary/aromatic N) is 3. The summed E-state index contributed by atoms with van der Waals surface area (Å²) in [6, 6.07) is 10.6. The van der Waals surface area contributed by atoms with Crippen molar-refractivity contribution < 1.29 is 9.53 Å². The molecule has 0 spiro atoms. The highest BCUT2D eigenvalue weighted by Crippen LogP contribution is 2.35. The first-order chi connectivity index (χ1) is 13.1. The first-order valence-corrected chi connectivity index (χ1v) is 8.42. The molecule has 8 nitrogen and oxygen atoms in total. The van der Waals surface area contributed by atoms with E-state index in [-0.39, 0.29) is 35.0 Å². The number of ether oxygens (including phenoxy) is 1. The van der Waals surface area contributed by atoms with Gasteiger partial charge in [0.2, 0.25) is 5.91 Å². The second kappa shape index (κ2) is 7.63. The largest absolute Gasteiger partial charge is 0.491 e. The van der Waals surface area contributed by atoms with Gasteiger partial charge in [0.05, 0.1) is 6.54 Å². The van der Waals surface area contributed by atoms with Crippen LogP contribution >= 0.6 is 0 Å². The van der Waals surface area contributed by atoms with Crippen molar-refractivity contribution in [1.29, 1.82) is 10.5 Å². The molecule has 2 heterocycles. The van der Waals surface area contributed by atoms with Crippen LogP contribution in [-0.2, 0) is 4.79 Å². The number of para-hydroxylation sites is 1. The third-order valence-electron chi connectivity index (χ3n) is 4.41. The molecule has 0 unspecified atom stereocenters. The maximum absolute atomic E-state index is 12.1. The summed E-state index contributed by atoms with van der Waals surface area (Å²) in [5.74, 6) is 0.406. The Morgan fingerprint density at radius 1 is 1.19 bits per heavy atom. The van der Waals surface area contributed by atoms with E-state index in [1.165, 1.54) is 0 Å². The second-order valence-electron chi connectivity index (χ2n) is 6.05. The van der Waals surface area contributed by atoms with Gasteiger partial charge in [-0.15, -0.1) is 0 Å². The number of amides is 1. The predicted molar refractivity (Wildman–Crippen MR) is 97.7 cm³/mol. The molecular weight excluding hydrogens is 346 g/mol. The number of nitrogens with two attached hydrogens (primary N) is 1. The molecule has 1 aromatic carbocycles. The Bertz CT molecular complexity index is 1030. The maximum Gasteiger partial charge on any atom is 0.268 e. The summed E-state index contributed by atoms with van der Waals surface area (Å²) >= 11 is 0. The number of benzene rings is 1. The smallest absolute Gasteiger partial charge is 0.268 e. The molecule has 0 atom stereocenters. The number of aromatic nitrogens is 1. The van der Waals surface area contributed by atoms with E-state index in [0.717, 1.165) is 6.42 Å². The molecule has 3 N–H and O–H groups in total. The Morgan fingerprint density at radius 3 is 2.59 bits per heavy atom. The molecule has 1 fully saturated rings. The molecule has 0 saturated carbocycles. The zero-order chi connectivity index (χ0) is 19.4. The van der Waals surface area contributed by atoms with Gasteiger partial charge in [0.15, 0.2) is 0 Å². The summed E-state index contributed by atoms with van der Waals surface area (Å²) in [5, 5.41) is 18.9. The molecular formula is C19H17N5O3. The quantitative estimate of drug-likeness (QED) is 0.823. The lowest BCUT2D eigenvalue weighted by Crippen LogP contribution is -2.29. The van der Waals surface area contributed by atoms with Crippen LogP contribution in [0.5, 0.6) is 5.75 Å². The SMILES string of the molecule is N#Cc1c(N)[nH]c(=O)c(C#N)c1-c1ccccc1OCCN1CCCC1=O. The molecule has 0 bridgehead atoms. The number of likely N-dealkylation sites (tertiary alicyclic amines) is 1. The highest BCUT2D eigenvalue weighted by molar-refractivity contribution is 5.83. The fourth-order valence-corrected chi connectivity index (χ4v) is 3.12. The Morgan fingerprint density at radius 2 is 1.93 bits per heavy atom. The van der Waals surface area contributed by atoms with Crippen LogP contribution in [0, 0.1) is 22.7 Å². The monoisotopic (exact) mass is 363 g/mol. The molecule has 1 aromatic heterocycles. The molecule has 0 aliphatic carbocycles. The molecule has 1 aliphatic rings. The van der Waals surface area contributed by atoms with Crippen molar-refractivity contribution in [3.8, 4) is 29.0 Å². The van der Waals surface area contributed by atoms with E-state index in [4.69, 9.17) is 10.5 Å². The number of nitrogens with one attached hydrogen (secondary N) is 1. The summed E-state index contributed by atoms with van der Waals surface area (Å²) in [5.41, 5.74) is 5.49. The Balaban J connectivity index is 1.97. The molecule has 1 saturated heterocycles. The van der Waals surface area contributed by atoms with Crippen molar-refractivity contribution in [2.75, 3.05) is 25.4 Å². The zero-order valence-electron chi connectivity index (χ0n) is 14.5. The zero-order valence-corrected chi connectivity index (χ0v) is 14.5. The summed E-state index contributed by atoms with van der Waals surface area (Å²) in [4.78, 5) is 27.9. The highest BCUT2D eigenvalue weighted by Gasteiger charge is 2.22. The minimum absolute atomic E-state index is 0.0110. The van der Waals surface area contributed by atoms with Crippen molar-refractivity contribution in [2.24, 2.45) is 0 Å². The fourth-order valence-electron chi connectivity index (χ4n) is 3.12. The van der Waals surface area contributed by atoms with Crippen LogP contribution < -0.4 is 16.0 Å². The molecule has 8 heteroatoms. The molecule has 2 aromatic rings. The van der Waals surface area contributed by atoms with E-state index in [0.29, 0.717) is 30.8 Å². The van der Waals surface area contributed by atoms with Gasteiger partial charge in [-0.1, -0.05) is 18.2 Å². The minimum Gasteiger partial charge on any atom is -0.491 e. The average molecular weight is 363 g/mol. The van der Waals surface area contributed by atoms with Crippen molar-refractivity contribution >= 4 is 11.7 Å². The van der Waals surface area contributed by atoms with Gasteiger partial charge in [0.25, 0.3) is 5.56 Å². The highest BCUT2D eigenvalue weighted by atomic mass is 16.5. The number of carbonyl (C=O) groups excluding carboxylic acids is 1. The number of nitriles is 2. The lowest BCUT2D eigenvalue weighted by atomic mass is 9.96. The van der Waals surface area contributed by atoms with Crippen LogP contribution in [0.3, 0.4) is 0 Å². The number of H-pyrrole nitrogens is 1. The van der Waals surface area contributed by atoms with E-state index in [1.807, 2.05) is 12.1 Å². The number of hydrogen-bond donors (Lipinski definition) is 2. The number of rotatable bonds is 5. The molecule has 3 rings (SSSR count). The molecule has 1 amide bonds. The normalized spacial score (nSPS) is 13.3. The molecule has 27 heavy (non-hydrogen) atoms. The lowest BCUT2D eigenvalue weighted by molar-refractivity contribution is -0.128. The fraction of sp³-hybridized carbons (Fsp3) is 0.263. The second-order valence-corrected chi connectivity index (χ2v) is 6.05. The van der Waals surface area contributed by atoms with Crippen molar-refractivity contribution in [2.45, 2.75) is 12.8 Å². The van der Waals surface area contributed by atoms with Gasteiger partial charge < -0.3 is 20.4 Å². The summed E-state index contributed by atoms with van der Waals surface area (Å²) in [7, 11) is 0. The summed E-state index contributed by atoms with van der Waals surface area (Å²) in [6.07, 6.45) is 1.40. The Kier molecular flexibility index (Phi) is 5.09. The first-order valence-electron chi connectivity index (χ1n) is 8.42. The van der Waals surface area contributed by atoms with Crippen LogP contribution in [0.25, 0.3) is 11.1 Å². The van der Waals surface area contributed by atoms with Crippen molar-refractivity contribution in [1.82, 2.24) is 9.88 Å². The summed E-state index contributed by atoms with van der Waals surface area (Å²) in [6.45, 7) is 1.41. The molecule has 0 radical (unpaired) electrons. The van der Waals surface area contributed by atoms with Gasteiger partial charge in [0, 0.05) is 24.1 Å². The van der Waals surface area contributed by atoms with E-state index >= 15 is 0 Å². The molecule has 1 aliphatic heterocycles. The Labute approximate surface area is 155 Å². The van der Waals surface area contributed by atoms with Gasteiger partial charge in [0.1, 0.15) is 41.4 Å². The summed E-state index contributed by atoms with van der Waals surface area (Å²) < 4.78 is 5.81. The van der Waals surface area contributed by atoms with Crippen LogP contribution in [0.1, 0.15) is 24.0 Å². The van der Waals surface area contributed by atoms with Gasteiger partial charge in [-0.05, 0) is 12.5 Å². The van der Waals surface area contributed by atoms with Gasteiger partial charge in [-0.3, -0.25) is 9.59 Å². The van der Waals surface area contributed by atoms with Crippen molar-refractivity contribution in [3.05, 3.63) is 45.7 Å². The minimum atomic E-state index is -0.665. The molecule has 136 valence electrons. The number of pyridine rings is 1. The Hall–Kier alpha value is -3.78. The lowest BCUT2D eigenvalue weighted by Gasteiger charge is -2.18. The number of nitrogen functional groups attached to an aromatic ring is 1. The van der Waals surface area contributed by atoms with E-state index in [2.05, 4.69) is 4.98 Å². The van der Waals surface area contributed by atoms with Gasteiger partial charge in [-0.2, -0.15) is 10.5 Å². The third kappa shape index (κ3) is 3.46. The maximum atomic E-state index is 12.1. The van der Waals surface area contributed by atoms with Crippen LogP contribution in [0.4, 0.5) is 5.82 Å². The third-order valence-corrected chi connectivity index (χ3v) is 4.41. The van der Waals surface area contributed by atoms with Gasteiger partial charge in [-0.25, -0.2) is 0 Å². The van der Waals surface area contributed by atoms with Crippen LogP contribution in [-0.4, -0.2) is 35.5 Å². The number of carbonyl (C=O) groups is 1. The van der Waals surface area contributed by atoms with E-state index in [1.54, 1.807) is 29.2 Å². The van der Waals surface area contributed by atoms with E-state index in [9.17, 15) is 20.1 Å². The topological polar surface area (TPSA) is 136 Å². The van der Waals surface area contributed by atoms with Gasteiger partial charge >= 0.3 is 0 Å². The first kappa shape index (κ1) is 18.0. The standard InChI is InChI=1S/C19H17N5O3/c20-10-13-17(14(11-21)19(26)23-18(13)22)12-4-1-2-5-15(12)27-9-8-24-7-3-6-16(24)25/h1-2,4-5H,3,6-9H2,(H3,22,23,26). The van der Waals surface area contributed by atoms with E-state index < -0.39 is 5.56 Å².